The van der Waals surface area contributed by atoms with Crippen LogP contribution in [0, 0.1) is 6.92 Å². The summed E-state index contributed by atoms with van der Waals surface area (Å²) in [4.78, 5) is 43.7. The Kier molecular flexibility index (Phi) is 6.40. The SMILES string of the molecule is COc1ccc(C)cc1NC1=C(c2ccc(NC(C)=O)cc2)C(=O)N(Cc2ccccn2)C1=O. The van der Waals surface area contributed by atoms with Crippen LogP contribution in [0.15, 0.2) is 72.6 Å². The Balaban J connectivity index is 1.76. The van der Waals surface area contributed by atoms with Gasteiger partial charge in [-0.3, -0.25) is 24.3 Å². The quantitative estimate of drug-likeness (QED) is 0.525. The smallest absolute Gasteiger partial charge is 0.278 e. The summed E-state index contributed by atoms with van der Waals surface area (Å²) in [5.41, 5.74) is 3.66. The molecule has 0 spiro atoms. The second-order valence-corrected chi connectivity index (χ2v) is 7.85. The monoisotopic (exact) mass is 456 g/mol. The number of anilines is 2. The van der Waals surface area contributed by atoms with Crippen molar-refractivity contribution >= 4 is 34.7 Å². The molecule has 0 radical (unpaired) electrons. The molecule has 0 fully saturated rings. The summed E-state index contributed by atoms with van der Waals surface area (Å²) in [6.07, 6.45) is 1.62. The van der Waals surface area contributed by atoms with E-state index < -0.39 is 11.8 Å². The van der Waals surface area contributed by atoms with Gasteiger partial charge in [0.2, 0.25) is 5.91 Å². The Morgan fingerprint density at radius 1 is 1.03 bits per heavy atom. The molecule has 172 valence electrons. The number of pyridine rings is 1. The molecule has 0 atom stereocenters. The van der Waals surface area contributed by atoms with Crippen LogP contribution in [0.3, 0.4) is 0 Å². The molecule has 3 amide bonds. The van der Waals surface area contributed by atoms with Gasteiger partial charge in [-0.2, -0.15) is 0 Å². The molecule has 2 heterocycles. The molecular weight excluding hydrogens is 432 g/mol. The van der Waals surface area contributed by atoms with Gasteiger partial charge >= 0.3 is 0 Å². The van der Waals surface area contributed by atoms with E-state index in [1.165, 1.54) is 11.8 Å². The van der Waals surface area contributed by atoms with E-state index in [0.29, 0.717) is 28.4 Å². The zero-order valence-corrected chi connectivity index (χ0v) is 19.1. The predicted molar refractivity (Wildman–Crippen MR) is 129 cm³/mol. The van der Waals surface area contributed by atoms with E-state index in [2.05, 4.69) is 15.6 Å². The van der Waals surface area contributed by atoms with E-state index in [0.717, 1.165) is 5.56 Å². The van der Waals surface area contributed by atoms with Crippen molar-refractivity contribution in [1.82, 2.24) is 9.88 Å². The van der Waals surface area contributed by atoms with Crippen LogP contribution < -0.4 is 15.4 Å². The molecule has 3 aromatic rings. The third kappa shape index (κ3) is 4.66. The maximum atomic E-state index is 13.5. The number of amides is 3. The van der Waals surface area contributed by atoms with Crippen LogP contribution in [0.1, 0.15) is 23.7 Å². The van der Waals surface area contributed by atoms with E-state index in [-0.39, 0.29) is 23.7 Å². The second-order valence-electron chi connectivity index (χ2n) is 7.85. The van der Waals surface area contributed by atoms with E-state index in [9.17, 15) is 14.4 Å². The van der Waals surface area contributed by atoms with Crippen LogP contribution in [0.25, 0.3) is 5.57 Å². The van der Waals surface area contributed by atoms with Crippen molar-refractivity contribution in [2.45, 2.75) is 20.4 Å². The predicted octanol–water partition coefficient (Wildman–Crippen LogP) is 3.75. The number of rotatable bonds is 7. The molecular formula is C26H24N4O4. The van der Waals surface area contributed by atoms with E-state index >= 15 is 0 Å². The summed E-state index contributed by atoms with van der Waals surface area (Å²) in [5.74, 6) is -0.548. The van der Waals surface area contributed by atoms with Gasteiger partial charge in [-0.15, -0.1) is 0 Å². The molecule has 0 saturated carbocycles. The molecule has 8 nitrogen and oxygen atoms in total. The Bertz CT molecular complexity index is 1280. The lowest BCUT2D eigenvalue weighted by molar-refractivity contribution is -0.137. The van der Waals surface area contributed by atoms with Crippen molar-refractivity contribution in [3.8, 4) is 5.75 Å². The number of imide groups is 1. The standard InChI is InChI=1S/C26H24N4O4/c1-16-7-12-22(34-3)21(14-16)29-24-23(18-8-10-19(11-9-18)28-17(2)31)25(32)30(26(24)33)15-20-6-4-5-13-27-20/h4-14,29H,15H2,1-3H3,(H,28,31). The number of benzene rings is 2. The molecule has 2 aromatic carbocycles. The van der Waals surface area contributed by atoms with Gasteiger partial charge < -0.3 is 15.4 Å². The van der Waals surface area contributed by atoms with Gasteiger partial charge in [-0.25, -0.2) is 0 Å². The molecule has 2 N–H and O–H groups in total. The van der Waals surface area contributed by atoms with Crippen LogP contribution in [-0.4, -0.2) is 34.7 Å². The number of nitrogens with one attached hydrogen (secondary N) is 2. The third-order valence-corrected chi connectivity index (χ3v) is 5.32. The molecule has 0 aliphatic carbocycles. The molecule has 1 aliphatic heterocycles. The van der Waals surface area contributed by atoms with E-state index in [4.69, 9.17) is 4.74 Å². The number of methoxy groups -OCH3 is 1. The summed E-state index contributed by atoms with van der Waals surface area (Å²) >= 11 is 0. The summed E-state index contributed by atoms with van der Waals surface area (Å²) in [6.45, 7) is 3.39. The number of aryl methyl sites for hydroxylation is 1. The van der Waals surface area contributed by atoms with Crippen LogP contribution in [-0.2, 0) is 20.9 Å². The topological polar surface area (TPSA) is 101 Å². The number of carbonyl (C=O) groups is 3. The maximum absolute atomic E-state index is 13.5. The zero-order valence-electron chi connectivity index (χ0n) is 19.1. The van der Waals surface area contributed by atoms with Crippen molar-refractivity contribution in [2.24, 2.45) is 0 Å². The first-order valence-corrected chi connectivity index (χ1v) is 10.7. The number of carbonyl (C=O) groups excluding carboxylic acids is 3. The normalized spacial score (nSPS) is 13.3. The Labute approximate surface area is 197 Å². The van der Waals surface area contributed by atoms with Gasteiger partial charge in [0, 0.05) is 18.8 Å². The van der Waals surface area contributed by atoms with Gasteiger partial charge in [-0.05, 0) is 54.4 Å². The minimum atomic E-state index is -0.458. The minimum Gasteiger partial charge on any atom is -0.495 e. The summed E-state index contributed by atoms with van der Waals surface area (Å²) in [7, 11) is 1.54. The highest BCUT2D eigenvalue weighted by Gasteiger charge is 2.39. The largest absolute Gasteiger partial charge is 0.495 e. The lowest BCUT2D eigenvalue weighted by atomic mass is 10.0. The molecule has 0 saturated heterocycles. The maximum Gasteiger partial charge on any atom is 0.278 e. The highest BCUT2D eigenvalue weighted by Crippen LogP contribution is 2.34. The van der Waals surface area contributed by atoms with Crippen LogP contribution in [0.2, 0.25) is 0 Å². The van der Waals surface area contributed by atoms with Crippen molar-refractivity contribution in [2.75, 3.05) is 17.7 Å². The Hall–Kier alpha value is -4.46. The Morgan fingerprint density at radius 2 is 1.79 bits per heavy atom. The molecule has 4 rings (SSSR count). The average Bonchev–Trinajstić information content (AvgIpc) is 3.04. The number of hydrogen-bond acceptors (Lipinski definition) is 6. The van der Waals surface area contributed by atoms with Gasteiger partial charge in [-0.1, -0.05) is 24.3 Å². The lowest BCUT2D eigenvalue weighted by Crippen LogP contribution is -2.32. The lowest BCUT2D eigenvalue weighted by Gasteiger charge is -2.15. The highest BCUT2D eigenvalue weighted by atomic mass is 16.5. The van der Waals surface area contributed by atoms with E-state index in [1.807, 2.05) is 19.1 Å². The fourth-order valence-electron chi connectivity index (χ4n) is 3.73. The van der Waals surface area contributed by atoms with Crippen LogP contribution in [0.5, 0.6) is 5.75 Å². The minimum absolute atomic E-state index is 0.0438. The summed E-state index contributed by atoms with van der Waals surface area (Å²) in [6, 6.07) is 17.7. The number of aromatic nitrogens is 1. The second kappa shape index (κ2) is 9.58. The fourth-order valence-corrected chi connectivity index (χ4v) is 3.73. The van der Waals surface area contributed by atoms with Gasteiger partial charge in [0.05, 0.1) is 30.6 Å². The van der Waals surface area contributed by atoms with Crippen molar-refractivity contribution < 1.29 is 19.1 Å². The van der Waals surface area contributed by atoms with Crippen molar-refractivity contribution in [1.29, 1.82) is 0 Å². The number of hydrogen-bond donors (Lipinski definition) is 2. The first kappa shape index (κ1) is 22.7. The first-order valence-electron chi connectivity index (χ1n) is 10.7. The third-order valence-electron chi connectivity index (χ3n) is 5.32. The van der Waals surface area contributed by atoms with E-state index in [1.54, 1.807) is 61.8 Å². The summed E-state index contributed by atoms with van der Waals surface area (Å²) < 4.78 is 5.44. The highest BCUT2D eigenvalue weighted by molar-refractivity contribution is 6.36. The fraction of sp³-hybridized carbons (Fsp3) is 0.154. The van der Waals surface area contributed by atoms with Crippen molar-refractivity contribution in [3.05, 3.63) is 89.4 Å². The molecule has 34 heavy (non-hydrogen) atoms. The number of nitrogens with zero attached hydrogens (tertiary/aromatic N) is 2. The molecule has 8 heteroatoms. The molecule has 0 unspecified atom stereocenters. The molecule has 0 bridgehead atoms. The number of ether oxygens (including phenoxy) is 1. The van der Waals surface area contributed by atoms with Crippen LogP contribution in [0.4, 0.5) is 11.4 Å². The van der Waals surface area contributed by atoms with Gasteiger partial charge in [0.15, 0.2) is 0 Å². The van der Waals surface area contributed by atoms with Crippen molar-refractivity contribution in [3.63, 3.8) is 0 Å². The molecule has 1 aromatic heterocycles. The first-order chi connectivity index (χ1) is 16.4. The average molecular weight is 457 g/mol. The summed E-state index contributed by atoms with van der Waals surface area (Å²) in [5, 5.41) is 5.84. The Morgan fingerprint density at radius 3 is 2.44 bits per heavy atom. The molecule has 1 aliphatic rings. The zero-order chi connectivity index (χ0) is 24.2. The van der Waals surface area contributed by atoms with Gasteiger partial charge in [0.1, 0.15) is 11.4 Å². The van der Waals surface area contributed by atoms with Crippen LogP contribution >= 0.6 is 0 Å². The van der Waals surface area contributed by atoms with Gasteiger partial charge in [0.25, 0.3) is 11.8 Å².